The van der Waals surface area contributed by atoms with Crippen molar-refractivity contribution < 1.29 is 9.59 Å². The summed E-state index contributed by atoms with van der Waals surface area (Å²) in [6, 6.07) is 6.81. The van der Waals surface area contributed by atoms with Gasteiger partial charge in [0.15, 0.2) is 0 Å². The van der Waals surface area contributed by atoms with Crippen LogP contribution in [0.3, 0.4) is 0 Å². The van der Waals surface area contributed by atoms with Crippen molar-refractivity contribution in [2.24, 2.45) is 0 Å². The van der Waals surface area contributed by atoms with Gasteiger partial charge >= 0.3 is 0 Å². The van der Waals surface area contributed by atoms with Crippen molar-refractivity contribution in [2.75, 3.05) is 13.6 Å². The van der Waals surface area contributed by atoms with Crippen molar-refractivity contribution in [3.05, 3.63) is 34.3 Å². The normalized spacial score (nSPS) is 20.9. The quantitative estimate of drug-likeness (QED) is 0.838. The molecule has 1 aromatic rings. The van der Waals surface area contributed by atoms with Crippen LogP contribution in [0.15, 0.2) is 28.7 Å². The maximum Gasteiger partial charge on any atom is 0.250 e. The third-order valence-corrected chi connectivity index (χ3v) is 2.98. The maximum absolute atomic E-state index is 11.9. The van der Waals surface area contributed by atoms with Crippen LogP contribution in [-0.4, -0.2) is 30.3 Å². The average Bonchev–Trinajstić information content (AvgIpc) is 2.23. The molecule has 1 heterocycles. The molecule has 1 unspecified atom stereocenters. The third-order valence-electron chi connectivity index (χ3n) is 2.49. The van der Waals surface area contributed by atoms with Crippen LogP contribution in [0.4, 0.5) is 0 Å². The van der Waals surface area contributed by atoms with E-state index in [0.29, 0.717) is 0 Å². The van der Waals surface area contributed by atoms with E-state index in [2.05, 4.69) is 21.2 Å². The summed E-state index contributed by atoms with van der Waals surface area (Å²) in [5.41, 5.74) is 0.791. The van der Waals surface area contributed by atoms with Crippen LogP contribution in [0.1, 0.15) is 11.6 Å². The molecule has 1 aliphatic rings. The van der Waals surface area contributed by atoms with Gasteiger partial charge in [0.25, 0.3) is 0 Å². The van der Waals surface area contributed by atoms with Gasteiger partial charge in [0.05, 0.1) is 6.54 Å². The smallest absolute Gasteiger partial charge is 0.250 e. The molecule has 1 aliphatic heterocycles. The molecule has 5 heteroatoms. The van der Waals surface area contributed by atoms with E-state index >= 15 is 0 Å². The Balaban J connectivity index is 2.32. The molecule has 0 aliphatic carbocycles. The number of benzene rings is 1. The van der Waals surface area contributed by atoms with Gasteiger partial charge in [-0.25, -0.2) is 0 Å². The Morgan fingerprint density at radius 3 is 2.88 bits per heavy atom. The van der Waals surface area contributed by atoms with Gasteiger partial charge in [-0.05, 0) is 17.7 Å². The highest BCUT2D eigenvalue weighted by atomic mass is 79.9. The van der Waals surface area contributed by atoms with E-state index in [0.717, 1.165) is 10.0 Å². The lowest BCUT2D eigenvalue weighted by Gasteiger charge is -2.29. The number of nitrogens with one attached hydrogen (secondary N) is 1. The molecule has 0 spiro atoms. The molecule has 2 rings (SSSR count). The van der Waals surface area contributed by atoms with Gasteiger partial charge in [-0.3, -0.25) is 9.59 Å². The Kier molecular flexibility index (Phi) is 2.96. The van der Waals surface area contributed by atoms with Gasteiger partial charge in [-0.1, -0.05) is 28.1 Å². The molecule has 2 amide bonds. The van der Waals surface area contributed by atoms with Crippen LogP contribution in [0.2, 0.25) is 0 Å². The Hall–Kier alpha value is -1.36. The van der Waals surface area contributed by atoms with Gasteiger partial charge in [0.2, 0.25) is 11.8 Å². The largest absolute Gasteiger partial charge is 0.339 e. The molecular weight excluding hydrogens is 272 g/mol. The van der Waals surface area contributed by atoms with E-state index < -0.39 is 6.04 Å². The second-order valence-electron chi connectivity index (χ2n) is 3.75. The minimum atomic E-state index is -0.566. The van der Waals surface area contributed by atoms with Crippen molar-refractivity contribution in [3.8, 4) is 0 Å². The fourth-order valence-corrected chi connectivity index (χ4v) is 2.11. The van der Waals surface area contributed by atoms with Gasteiger partial charge in [0.1, 0.15) is 6.04 Å². The van der Waals surface area contributed by atoms with Crippen molar-refractivity contribution in [2.45, 2.75) is 6.04 Å². The van der Waals surface area contributed by atoms with E-state index in [4.69, 9.17) is 0 Å². The number of nitrogens with zero attached hydrogens (tertiary/aromatic N) is 1. The molecule has 1 saturated heterocycles. The number of halogens is 1. The molecule has 16 heavy (non-hydrogen) atoms. The summed E-state index contributed by atoms with van der Waals surface area (Å²) in [6.45, 7) is 0.128. The van der Waals surface area contributed by atoms with E-state index in [-0.39, 0.29) is 18.4 Å². The second-order valence-corrected chi connectivity index (χ2v) is 4.67. The molecule has 0 radical (unpaired) electrons. The van der Waals surface area contributed by atoms with Crippen LogP contribution in [-0.2, 0) is 9.59 Å². The summed E-state index contributed by atoms with van der Waals surface area (Å²) in [4.78, 5) is 24.7. The van der Waals surface area contributed by atoms with E-state index in [1.807, 2.05) is 24.3 Å². The van der Waals surface area contributed by atoms with Crippen LogP contribution in [0.5, 0.6) is 0 Å². The van der Waals surface area contributed by atoms with E-state index in [1.54, 1.807) is 7.05 Å². The van der Waals surface area contributed by atoms with Crippen molar-refractivity contribution in [3.63, 3.8) is 0 Å². The minimum absolute atomic E-state index is 0.0855. The second kappa shape index (κ2) is 4.25. The van der Waals surface area contributed by atoms with Crippen molar-refractivity contribution in [1.82, 2.24) is 10.2 Å². The highest BCUT2D eigenvalue weighted by Gasteiger charge is 2.31. The summed E-state index contributed by atoms with van der Waals surface area (Å²) in [6.07, 6.45) is 0. The van der Waals surface area contributed by atoms with Crippen LogP contribution in [0.25, 0.3) is 0 Å². The number of likely N-dealkylation sites (N-methyl/N-ethyl adjacent to an activating group) is 1. The first-order valence-corrected chi connectivity index (χ1v) is 5.67. The zero-order valence-corrected chi connectivity index (χ0v) is 10.3. The molecule has 4 nitrogen and oxygen atoms in total. The number of amides is 2. The molecule has 1 atom stereocenters. The molecular formula is C11H11BrN2O2. The summed E-state index contributed by atoms with van der Waals surface area (Å²) in [5, 5.41) is 2.69. The van der Waals surface area contributed by atoms with Gasteiger partial charge in [-0.15, -0.1) is 0 Å². The monoisotopic (exact) mass is 282 g/mol. The summed E-state index contributed by atoms with van der Waals surface area (Å²) in [7, 11) is 1.63. The Morgan fingerprint density at radius 2 is 2.19 bits per heavy atom. The lowest BCUT2D eigenvalue weighted by Crippen LogP contribution is -2.51. The zero-order valence-electron chi connectivity index (χ0n) is 8.74. The lowest BCUT2D eigenvalue weighted by molar-refractivity contribution is -0.143. The van der Waals surface area contributed by atoms with Crippen molar-refractivity contribution >= 4 is 27.7 Å². The first kappa shape index (κ1) is 11.1. The molecule has 0 aromatic heterocycles. The fourth-order valence-electron chi connectivity index (χ4n) is 1.69. The topological polar surface area (TPSA) is 49.4 Å². The fraction of sp³-hybridized carbons (Fsp3) is 0.273. The van der Waals surface area contributed by atoms with Crippen LogP contribution >= 0.6 is 15.9 Å². The van der Waals surface area contributed by atoms with Crippen LogP contribution < -0.4 is 5.32 Å². The van der Waals surface area contributed by atoms with E-state index in [9.17, 15) is 9.59 Å². The number of rotatable bonds is 1. The number of carbonyl (C=O) groups excluding carboxylic acids is 2. The zero-order chi connectivity index (χ0) is 11.7. The Bertz CT molecular complexity index is 447. The molecule has 1 fully saturated rings. The number of hydrogen-bond donors (Lipinski definition) is 1. The van der Waals surface area contributed by atoms with Gasteiger partial charge in [-0.2, -0.15) is 0 Å². The Morgan fingerprint density at radius 1 is 1.44 bits per heavy atom. The molecule has 84 valence electrons. The first-order valence-electron chi connectivity index (χ1n) is 4.88. The van der Waals surface area contributed by atoms with Crippen LogP contribution in [0, 0.1) is 0 Å². The molecule has 0 bridgehead atoms. The standard InChI is InChI=1S/C11H11BrN2O2/c1-14-6-9(15)13-10(11(14)16)7-3-2-4-8(12)5-7/h2-5,10H,6H2,1H3,(H,13,15). The summed E-state index contributed by atoms with van der Waals surface area (Å²) < 4.78 is 0.889. The Labute approximate surface area is 102 Å². The first-order chi connectivity index (χ1) is 7.58. The SMILES string of the molecule is CN1CC(=O)NC(c2cccc(Br)c2)C1=O. The molecule has 1 N–H and O–H groups in total. The van der Waals surface area contributed by atoms with Gasteiger partial charge < -0.3 is 10.2 Å². The summed E-state index contributed by atoms with van der Waals surface area (Å²) >= 11 is 3.34. The predicted molar refractivity (Wildman–Crippen MR) is 62.7 cm³/mol. The molecule has 1 aromatic carbocycles. The number of hydrogen-bond acceptors (Lipinski definition) is 2. The minimum Gasteiger partial charge on any atom is -0.339 e. The van der Waals surface area contributed by atoms with E-state index in [1.165, 1.54) is 4.90 Å². The molecule has 0 saturated carbocycles. The van der Waals surface area contributed by atoms with Gasteiger partial charge in [0, 0.05) is 11.5 Å². The lowest BCUT2D eigenvalue weighted by atomic mass is 10.0. The highest BCUT2D eigenvalue weighted by molar-refractivity contribution is 9.10. The number of piperazine rings is 1. The summed E-state index contributed by atoms with van der Waals surface area (Å²) in [5.74, 6) is -0.218. The highest BCUT2D eigenvalue weighted by Crippen LogP contribution is 2.21. The number of carbonyl (C=O) groups is 2. The average molecular weight is 283 g/mol. The van der Waals surface area contributed by atoms with Crippen molar-refractivity contribution in [1.29, 1.82) is 0 Å². The third kappa shape index (κ3) is 2.09. The maximum atomic E-state index is 11.9. The predicted octanol–water partition coefficient (Wildman–Crippen LogP) is 1.08.